The Balaban J connectivity index is 2.34. The lowest BCUT2D eigenvalue weighted by Crippen LogP contribution is -2.11. The van der Waals surface area contributed by atoms with Crippen molar-refractivity contribution >= 4 is 17.6 Å². The van der Waals surface area contributed by atoms with E-state index in [0.717, 1.165) is 40.9 Å². The Morgan fingerprint density at radius 1 is 1.00 bits per heavy atom. The molecule has 30 heavy (non-hydrogen) atoms. The van der Waals surface area contributed by atoms with Crippen molar-refractivity contribution in [3.8, 4) is 11.1 Å². The number of esters is 2. The number of hydrogen-bond donors (Lipinski definition) is 0. The lowest BCUT2D eigenvalue weighted by Gasteiger charge is -2.12. The second-order valence-corrected chi connectivity index (χ2v) is 7.02. The summed E-state index contributed by atoms with van der Waals surface area (Å²) in [5.74, 6) is -0.872. The molecule has 2 aromatic heterocycles. The van der Waals surface area contributed by atoms with E-state index in [1.807, 2.05) is 26.0 Å². The fraction of sp³-hybridized carbons (Fsp3) is 0.391. The van der Waals surface area contributed by atoms with Gasteiger partial charge in [0.2, 0.25) is 0 Å². The smallest absolute Gasteiger partial charge is 0.357 e. The zero-order chi connectivity index (χ0) is 21.8. The molecule has 7 heteroatoms. The summed E-state index contributed by atoms with van der Waals surface area (Å²) in [4.78, 5) is 29.7. The first-order valence-corrected chi connectivity index (χ1v) is 10.3. The quantitative estimate of drug-likeness (QED) is 0.541. The van der Waals surface area contributed by atoms with Gasteiger partial charge >= 0.3 is 11.9 Å². The van der Waals surface area contributed by atoms with Crippen LogP contribution in [-0.2, 0) is 15.9 Å². The molecule has 158 valence electrons. The molecule has 0 aliphatic rings. The molecule has 0 aliphatic heterocycles. The predicted octanol–water partition coefficient (Wildman–Crippen LogP) is 4.32. The molecule has 0 N–H and O–H groups in total. The van der Waals surface area contributed by atoms with Crippen molar-refractivity contribution in [2.75, 3.05) is 13.2 Å². The van der Waals surface area contributed by atoms with Crippen molar-refractivity contribution in [2.24, 2.45) is 0 Å². The van der Waals surface area contributed by atoms with Crippen LogP contribution in [0.2, 0.25) is 0 Å². The Morgan fingerprint density at radius 2 is 1.70 bits per heavy atom. The minimum atomic E-state index is -0.474. The van der Waals surface area contributed by atoms with E-state index in [-0.39, 0.29) is 18.9 Å². The van der Waals surface area contributed by atoms with E-state index in [4.69, 9.17) is 14.6 Å². The minimum Gasteiger partial charge on any atom is -0.462 e. The van der Waals surface area contributed by atoms with E-state index in [2.05, 4.69) is 11.9 Å². The Labute approximate surface area is 176 Å². The Morgan fingerprint density at radius 3 is 2.37 bits per heavy atom. The third-order valence-electron chi connectivity index (χ3n) is 4.85. The highest BCUT2D eigenvalue weighted by molar-refractivity contribution is 6.01. The summed E-state index contributed by atoms with van der Waals surface area (Å²) in [6.45, 7) is 9.97. The Bertz CT molecular complexity index is 1100. The highest BCUT2D eigenvalue weighted by atomic mass is 16.5. The van der Waals surface area contributed by atoms with E-state index in [9.17, 15) is 9.59 Å². The van der Waals surface area contributed by atoms with Gasteiger partial charge in [0.15, 0.2) is 11.3 Å². The summed E-state index contributed by atoms with van der Waals surface area (Å²) < 4.78 is 12.2. The monoisotopic (exact) mass is 409 g/mol. The number of carbonyl (C=O) groups excluding carboxylic acids is 2. The average Bonchev–Trinajstić information content (AvgIpc) is 3.04. The van der Waals surface area contributed by atoms with Gasteiger partial charge in [-0.3, -0.25) is 0 Å². The van der Waals surface area contributed by atoms with Gasteiger partial charge < -0.3 is 9.47 Å². The van der Waals surface area contributed by atoms with Gasteiger partial charge in [0.1, 0.15) is 0 Å². The van der Waals surface area contributed by atoms with Crippen LogP contribution in [0.5, 0.6) is 0 Å². The van der Waals surface area contributed by atoms with Crippen LogP contribution in [0.4, 0.5) is 0 Å². The maximum absolute atomic E-state index is 12.6. The fourth-order valence-corrected chi connectivity index (χ4v) is 3.60. The molecule has 0 amide bonds. The van der Waals surface area contributed by atoms with E-state index >= 15 is 0 Å². The normalized spacial score (nSPS) is 11.0. The van der Waals surface area contributed by atoms with Gasteiger partial charge in [-0.1, -0.05) is 25.5 Å². The molecule has 7 nitrogen and oxygen atoms in total. The first kappa shape index (κ1) is 21.5. The second-order valence-electron chi connectivity index (χ2n) is 7.02. The third-order valence-corrected chi connectivity index (χ3v) is 4.85. The summed E-state index contributed by atoms with van der Waals surface area (Å²) in [5, 5.41) is 4.69. The number of fused-ring (bicyclic) bond motifs is 1. The molecule has 0 unspecified atom stereocenters. The number of hydrogen-bond acceptors (Lipinski definition) is 6. The van der Waals surface area contributed by atoms with Crippen LogP contribution in [0, 0.1) is 13.8 Å². The van der Waals surface area contributed by atoms with Gasteiger partial charge in [0.05, 0.1) is 30.0 Å². The zero-order valence-corrected chi connectivity index (χ0v) is 18.1. The van der Waals surface area contributed by atoms with Gasteiger partial charge in [0.25, 0.3) is 0 Å². The van der Waals surface area contributed by atoms with Crippen LogP contribution in [0.15, 0.2) is 24.3 Å². The number of nitrogens with zero attached hydrogens (tertiary/aromatic N) is 3. The summed E-state index contributed by atoms with van der Waals surface area (Å²) >= 11 is 0. The number of ether oxygens (including phenoxy) is 2. The number of rotatable bonds is 7. The molecule has 0 saturated heterocycles. The van der Waals surface area contributed by atoms with Gasteiger partial charge in [0, 0.05) is 11.3 Å². The summed E-state index contributed by atoms with van der Waals surface area (Å²) in [6.07, 6.45) is 1.61. The largest absolute Gasteiger partial charge is 0.462 e. The van der Waals surface area contributed by atoms with Crippen LogP contribution in [0.25, 0.3) is 16.8 Å². The lowest BCUT2D eigenvalue weighted by atomic mass is 9.95. The topological polar surface area (TPSA) is 82.8 Å². The fourth-order valence-electron chi connectivity index (χ4n) is 3.60. The Kier molecular flexibility index (Phi) is 6.50. The maximum atomic E-state index is 12.6. The number of carbonyl (C=O) groups is 2. The summed E-state index contributed by atoms with van der Waals surface area (Å²) in [7, 11) is 0. The molecule has 0 spiro atoms. The van der Waals surface area contributed by atoms with Gasteiger partial charge in [-0.25, -0.2) is 19.1 Å². The highest BCUT2D eigenvalue weighted by Gasteiger charge is 2.24. The number of aromatic nitrogens is 3. The third kappa shape index (κ3) is 3.92. The molecular weight excluding hydrogens is 382 g/mol. The van der Waals surface area contributed by atoms with E-state index in [1.54, 1.807) is 30.5 Å². The van der Waals surface area contributed by atoms with Crippen LogP contribution in [-0.4, -0.2) is 39.8 Å². The van der Waals surface area contributed by atoms with E-state index in [0.29, 0.717) is 11.2 Å². The zero-order valence-electron chi connectivity index (χ0n) is 18.1. The van der Waals surface area contributed by atoms with Crippen LogP contribution in [0.1, 0.15) is 65.0 Å². The lowest BCUT2D eigenvalue weighted by molar-refractivity contribution is 0.0513. The second kappa shape index (κ2) is 9.07. The first-order valence-electron chi connectivity index (χ1n) is 10.3. The minimum absolute atomic E-state index is 0.236. The standard InChI is InChI=1S/C23H27N3O4/c1-6-10-16-13-18(23(28)30-8-3)24-21-20(15(5)25-26(16)21)19-14(4)11-9-12-17(19)22(27)29-7-2/h9,11-13H,6-8,10H2,1-5H3. The molecule has 1 aromatic carbocycles. The molecule has 0 saturated carbocycles. The van der Waals surface area contributed by atoms with Crippen molar-refractivity contribution in [3.05, 3.63) is 52.5 Å². The molecule has 0 radical (unpaired) electrons. The summed E-state index contributed by atoms with van der Waals surface area (Å²) in [6, 6.07) is 7.23. The first-order chi connectivity index (χ1) is 14.4. The molecule has 3 aromatic rings. The molecule has 2 heterocycles. The van der Waals surface area contributed by atoms with Crippen LogP contribution < -0.4 is 0 Å². The molecule has 0 aliphatic carbocycles. The number of aryl methyl sites for hydroxylation is 3. The van der Waals surface area contributed by atoms with Crippen molar-refractivity contribution in [1.82, 2.24) is 14.6 Å². The molecule has 3 rings (SSSR count). The Hall–Kier alpha value is -3.22. The van der Waals surface area contributed by atoms with Crippen molar-refractivity contribution in [3.63, 3.8) is 0 Å². The SMILES string of the molecule is CCCc1cc(C(=O)OCC)nc2c(-c3c(C)cccc3C(=O)OCC)c(C)nn12. The summed E-state index contributed by atoms with van der Waals surface area (Å²) in [5.41, 5.74) is 5.15. The van der Waals surface area contributed by atoms with E-state index < -0.39 is 11.9 Å². The maximum Gasteiger partial charge on any atom is 0.357 e. The van der Waals surface area contributed by atoms with Gasteiger partial charge in [-0.2, -0.15) is 5.10 Å². The predicted molar refractivity (Wildman–Crippen MR) is 114 cm³/mol. The molecule has 0 bridgehead atoms. The van der Waals surface area contributed by atoms with Crippen LogP contribution in [0.3, 0.4) is 0 Å². The van der Waals surface area contributed by atoms with Crippen molar-refractivity contribution in [1.29, 1.82) is 0 Å². The van der Waals surface area contributed by atoms with Crippen molar-refractivity contribution in [2.45, 2.75) is 47.5 Å². The van der Waals surface area contributed by atoms with Gasteiger partial charge in [-0.05, 0) is 51.8 Å². The molecule has 0 fully saturated rings. The molecular formula is C23H27N3O4. The average molecular weight is 409 g/mol. The van der Waals surface area contributed by atoms with E-state index in [1.165, 1.54) is 0 Å². The highest BCUT2D eigenvalue weighted by Crippen LogP contribution is 2.34. The van der Waals surface area contributed by atoms with Crippen molar-refractivity contribution < 1.29 is 19.1 Å². The van der Waals surface area contributed by atoms with Crippen LogP contribution >= 0.6 is 0 Å². The molecule has 0 atom stereocenters. The number of benzene rings is 1. The van der Waals surface area contributed by atoms with Gasteiger partial charge in [-0.15, -0.1) is 0 Å².